The van der Waals surface area contributed by atoms with Crippen molar-refractivity contribution < 1.29 is 4.42 Å². The summed E-state index contributed by atoms with van der Waals surface area (Å²) in [6.07, 6.45) is 0. The van der Waals surface area contributed by atoms with Crippen molar-refractivity contribution in [3.8, 4) is 11.5 Å². The molecule has 3 aromatic rings. The summed E-state index contributed by atoms with van der Waals surface area (Å²) < 4.78 is 7.49. The first kappa shape index (κ1) is 15.4. The lowest BCUT2D eigenvalue weighted by atomic mass is 10.2. The average Bonchev–Trinajstić information content (AvgIpc) is 3.15. The maximum absolute atomic E-state index is 5.69. The van der Waals surface area contributed by atoms with E-state index < -0.39 is 0 Å². The van der Waals surface area contributed by atoms with E-state index in [0.717, 1.165) is 26.1 Å². The third kappa shape index (κ3) is 3.65. The zero-order valence-corrected chi connectivity index (χ0v) is 14.8. The van der Waals surface area contributed by atoms with Crippen molar-refractivity contribution in [1.29, 1.82) is 0 Å². The molecule has 2 aromatic heterocycles. The summed E-state index contributed by atoms with van der Waals surface area (Å²) in [4.78, 5) is 0. The number of halogens is 1. The second-order valence-electron chi connectivity index (χ2n) is 4.17. The van der Waals surface area contributed by atoms with Gasteiger partial charge < -0.3 is 9.73 Å². The maximum Gasteiger partial charge on any atom is 0.248 e. The van der Waals surface area contributed by atoms with Gasteiger partial charge in [-0.3, -0.25) is 0 Å². The van der Waals surface area contributed by atoms with E-state index in [9.17, 15) is 0 Å². The van der Waals surface area contributed by atoms with Crippen LogP contribution in [0.1, 0.15) is 12.8 Å². The summed E-state index contributed by atoms with van der Waals surface area (Å²) in [5.74, 6) is 1.64. The molecule has 0 unspecified atom stereocenters. The van der Waals surface area contributed by atoms with Gasteiger partial charge >= 0.3 is 0 Å². The molecule has 0 aliphatic heterocycles. The first-order valence-electron chi connectivity index (χ1n) is 6.53. The number of hydrogen-bond acceptors (Lipinski definition) is 8. The molecule has 1 aromatic carbocycles. The lowest BCUT2D eigenvalue weighted by molar-refractivity contribution is 0.528. The smallest absolute Gasteiger partial charge is 0.248 e. The van der Waals surface area contributed by atoms with Crippen molar-refractivity contribution in [2.75, 3.05) is 11.9 Å². The molecule has 0 spiro atoms. The SMILES string of the molecule is CCNc1nnc(SCc2nnc(-c3ccccc3Br)o2)s1. The molecule has 0 aliphatic carbocycles. The van der Waals surface area contributed by atoms with Crippen molar-refractivity contribution in [3.63, 3.8) is 0 Å². The predicted molar refractivity (Wildman–Crippen MR) is 91.1 cm³/mol. The van der Waals surface area contributed by atoms with Gasteiger partial charge in [0.1, 0.15) is 0 Å². The van der Waals surface area contributed by atoms with Gasteiger partial charge in [0.15, 0.2) is 4.34 Å². The van der Waals surface area contributed by atoms with Gasteiger partial charge in [0.2, 0.25) is 16.9 Å². The Kier molecular flexibility index (Phi) is 5.06. The van der Waals surface area contributed by atoms with Crippen LogP contribution >= 0.6 is 39.0 Å². The van der Waals surface area contributed by atoms with E-state index in [1.54, 1.807) is 0 Å². The summed E-state index contributed by atoms with van der Waals surface area (Å²) >= 11 is 6.52. The van der Waals surface area contributed by atoms with Gasteiger partial charge in [0, 0.05) is 11.0 Å². The Morgan fingerprint density at radius 2 is 2.09 bits per heavy atom. The molecule has 0 amide bonds. The molecule has 114 valence electrons. The van der Waals surface area contributed by atoms with Crippen molar-refractivity contribution in [2.45, 2.75) is 17.0 Å². The number of rotatable bonds is 6. The highest BCUT2D eigenvalue weighted by molar-refractivity contribution is 9.10. The number of thioether (sulfide) groups is 1. The van der Waals surface area contributed by atoms with E-state index in [1.807, 2.05) is 31.2 Å². The highest BCUT2D eigenvalue weighted by atomic mass is 79.9. The molecule has 6 nitrogen and oxygen atoms in total. The van der Waals surface area contributed by atoms with E-state index >= 15 is 0 Å². The monoisotopic (exact) mass is 397 g/mol. The lowest BCUT2D eigenvalue weighted by Gasteiger charge is -1.97. The summed E-state index contributed by atoms with van der Waals surface area (Å²) in [6.45, 7) is 2.86. The van der Waals surface area contributed by atoms with E-state index in [1.165, 1.54) is 23.1 Å². The topological polar surface area (TPSA) is 76.7 Å². The molecular formula is C13H12BrN5OS2. The van der Waals surface area contributed by atoms with Crippen LogP contribution in [0.5, 0.6) is 0 Å². The van der Waals surface area contributed by atoms with Gasteiger partial charge in [0.25, 0.3) is 0 Å². The van der Waals surface area contributed by atoms with Crippen molar-refractivity contribution >= 4 is 44.2 Å². The van der Waals surface area contributed by atoms with Gasteiger partial charge in [-0.15, -0.1) is 20.4 Å². The third-order valence-corrected chi connectivity index (χ3v) is 5.32. The lowest BCUT2D eigenvalue weighted by Crippen LogP contribution is -1.94. The molecule has 9 heteroatoms. The van der Waals surface area contributed by atoms with Crippen LogP contribution in [0.15, 0.2) is 37.5 Å². The van der Waals surface area contributed by atoms with Gasteiger partial charge in [-0.25, -0.2) is 0 Å². The molecule has 2 heterocycles. The first-order valence-corrected chi connectivity index (χ1v) is 9.13. The standard InChI is InChI=1S/C13H12BrN5OS2/c1-2-15-12-18-19-13(22-12)21-7-10-16-17-11(20-10)8-5-3-4-6-9(8)14/h3-6H,2,7H2,1H3,(H,15,18). The molecular weight excluding hydrogens is 386 g/mol. The minimum Gasteiger partial charge on any atom is -0.420 e. The Balaban J connectivity index is 1.65. The fourth-order valence-corrected chi connectivity index (χ4v) is 3.78. The molecule has 0 fully saturated rings. The van der Waals surface area contributed by atoms with Gasteiger partial charge in [-0.05, 0) is 35.0 Å². The van der Waals surface area contributed by atoms with Crippen LogP contribution in [0.25, 0.3) is 11.5 Å². The fourth-order valence-electron chi connectivity index (χ4n) is 1.67. The molecule has 0 saturated carbocycles. The average molecular weight is 398 g/mol. The third-order valence-electron chi connectivity index (χ3n) is 2.62. The Morgan fingerprint density at radius 1 is 1.23 bits per heavy atom. The highest BCUT2D eigenvalue weighted by Gasteiger charge is 2.12. The van der Waals surface area contributed by atoms with E-state index in [0.29, 0.717) is 17.5 Å². The normalized spacial score (nSPS) is 10.8. The van der Waals surface area contributed by atoms with Crippen LogP contribution in [0.3, 0.4) is 0 Å². The summed E-state index contributed by atoms with van der Waals surface area (Å²) in [6, 6.07) is 7.75. The van der Waals surface area contributed by atoms with Crippen LogP contribution in [-0.4, -0.2) is 26.9 Å². The molecule has 0 aliphatic rings. The Labute approximate surface area is 143 Å². The molecule has 0 saturated heterocycles. The van der Waals surface area contributed by atoms with Crippen LogP contribution in [0.4, 0.5) is 5.13 Å². The number of benzene rings is 1. The van der Waals surface area contributed by atoms with Crippen LogP contribution < -0.4 is 5.32 Å². The van der Waals surface area contributed by atoms with Crippen molar-refractivity contribution in [2.24, 2.45) is 0 Å². The first-order chi connectivity index (χ1) is 10.8. The minimum absolute atomic E-state index is 0.508. The van der Waals surface area contributed by atoms with Crippen LogP contribution in [-0.2, 0) is 5.75 Å². The molecule has 1 N–H and O–H groups in total. The maximum atomic E-state index is 5.69. The van der Waals surface area contributed by atoms with Crippen molar-refractivity contribution in [3.05, 3.63) is 34.6 Å². The fraction of sp³-hybridized carbons (Fsp3) is 0.231. The quantitative estimate of drug-likeness (QED) is 0.627. The Morgan fingerprint density at radius 3 is 2.91 bits per heavy atom. The molecule has 22 heavy (non-hydrogen) atoms. The van der Waals surface area contributed by atoms with Crippen LogP contribution in [0.2, 0.25) is 0 Å². The number of hydrogen-bond donors (Lipinski definition) is 1. The van der Waals surface area contributed by atoms with Gasteiger partial charge in [0.05, 0.1) is 11.3 Å². The number of aromatic nitrogens is 4. The Bertz CT molecular complexity index is 760. The second kappa shape index (κ2) is 7.21. The number of nitrogens with one attached hydrogen (secondary N) is 1. The van der Waals surface area contributed by atoms with E-state index in [2.05, 4.69) is 41.6 Å². The molecule has 0 atom stereocenters. The van der Waals surface area contributed by atoms with Crippen LogP contribution in [0, 0.1) is 0 Å². The zero-order valence-electron chi connectivity index (χ0n) is 11.6. The van der Waals surface area contributed by atoms with Gasteiger partial charge in [-0.2, -0.15) is 0 Å². The summed E-state index contributed by atoms with van der Waals surface area (Å²) in [5.41, 5.74) is 0.886. The van der Waals surface area contributed by atoms with E-state index in [-0.39, 0.29) is 0 Å². The van der Waals surface area contributed by atoms with Gasteiger partial charge in [-0.1, -0.05) is 35.2 Å². The summed E-state index contributed by atoms with van der Waals surface area (Å²) in [5, 5.41) is 20.3. The number of nitrogens with zero attached hydrogens (tertiary/aromatic N) is 4. The summed E-state index contributed by atoms with van der Waals surface area (Å²) in [7, 11) is 0. The number of anilines is 1. The zero-order chi connectivity index (χ0) is 15.4. The Hall–Kier alpha value is -1.45. The molecule has 0 radical (unpaired) electrons. The molecule has 0 bridgehead atoms. The highest BCUT2D eigenvalue weighted by Crippen LogP contribution is 2.30. The second-order valence-corrected chi connectivity index (χ2v) is 7.23. The largest absolute Gasteiger partial charge is 0.420 e. The van der Waals surface area contributed by atoms with E-state index in [4.69, 9.17) is 4.42 Å². The predicted octanol–water partition coefficient (Wildman–Crippen LogP) is 4.07. The minimum atomic E-state index is 0.508. The van der Waals surface area contributed by atoms with Crippen molar-refractivity contribution in [1.82, 2.24) is 20.4 Å². The molecule has 3 rings (SSSR count).